The molecule has 0 saturated heterocycles. The molecule has 0 aliphatic rings. The first-order valence-corrected chi connectivity index (χ1v) is 6.95. The van der Waals surface area contributed by atoms with E-state index in [4.69, 9.17) is 10.8 Å². The van der Waals surface area contributed by atoms with Crippen LogP contribution in [0.1, 0.15) is 29.2 Å². The fraction of sp³-hybridized carbons (Fsp3) is 0.235. The van der Waals surface area contributed by atoms with Crippen molar-refractivity contribution in [2.45, 2.75) is 25.6 Å². The summed E-state index contributed by atoms with van der Waals surface area (Å²) in [6.45, 7) is 0.439. The third-order valence-electron chi connectivity index (χ3n) is 3.30. The predicted octanol–water partition coefficient (Wildman–Crippen LogP) is 1.89. The van der Waals surface area contributed by atoms with Gasteiger partial charge in [-0.15, -0.1) is 0 Å². The third-order valence-corrected chi connectivity index (χ3v) is 3.30. The molecular formula is C17H20N2O2. The molecule has 0 spiro atoms. The molecule has 2 aromatic carbocycles. The highest BCUT2D eigenvalue weighted by Gasteiger charge is 2.11. The van der Waals surface area contributed by atoms with E-state index in [2.05, 4.69) is 5.32 Å². The lowest BCUT2D eigenvalue weighted by Gasteiger charge is -2.12. The Morgan fingerprint density at radius 1 is 1.10 bits per heavy atom. The van der Waals surface area contributed by atoms with Crippen LogP contribution in [0, 0.1) is 0 Å². The van der Waals surface area contributed by atoms with Gasteiger partial charge in [0.15, 0.2) is 0 Å². The molecule has 0 aromatic heterocycles. The molecule has 0 fully saturated rings. The maximum atomic E-state index is 11.9. The lowest BCUT2D eigenvalue weighted by Crippen LogP contribution is -2.27. The fourth-order valence-corrected chi connectivity index (χ4v) is 2.13. The first-order valence-electron chi connectivity index (χ1n) is 6.95. The highest BCUT2D eigenvalue weighted by atomic mass is 16.3. The summed E-state index contributed by atoms with van der Waals surface area (Å²) in [5.41, 5.74) is 8.77. The molecule has 1 unspecified atom stereocenters. The van der Waals surface area contributed by atoms with Crippen LogP contribution < -0.4 is 11.1 Å². The Balaban J connectivity index is 1.84. The molecule has 0 aliphatic heterocycles. The second-order valence-corrected chi connectivity index (χ2v) is 4.98. The number of benzene rings is 2. The Bertz CT molecular complexity index is 584. The largest absolute Gasteiger partial charge is 0.392 e. The van der Waals surface area contributed by atoms with E-state index in [0.29, 0.717) is 6.54 Å². The van der Waals surface area contributed by atoms with Gasteiger partial charge in [0.05, 0.1) is 6.61 Å². The Morgan fingerprint density at radius 2 is 1.81 bits per heavy atom. The molecule has 1 atom stereocenters. The van der Waals surface area contributed by atoms with Crippen LogP contribution in [-0.4, -0.2) is 11.0 Å². The number of carbonyl (C=O) groups is 1. The van der Waals surface area contributed by atoms with Crippen LogP contribution in [0.4, 0.5) is 0 Å². The summed E-state index contributed by atoms with van der Waals surface area (Å²) in [4.78, 5) is 11.9. The van der Waals surface area contributed by atoms with Gasteiger partial charge >= 0.3 is 0 Å². The normalized spacial score (nSPS) is 11.9. The van der Waals surface area contributed by atoms with Crippen molar-refractivity contribution >= 4 is 5.91 Å². The Morgan fingerprint density at radius 3 is 2.52 bits per heavy atom. The predicted molar refractivity (Wildman–Crippen MR) is 82.2 cm³/mol. The number of hydrogen-bond donors (Lipinski definition) is 3. The van der Waals surface area contributed by atoms with Crippen molar-refractivity contribution < 1.29 is 9.90 Å². The number of carbonyl (C=O) groups excluding carboxylic acids is 1. The Kier molecular flexibility index (Phi) is 5.49. The van der Waals surface area contributed by atoms with Crippen LogP contribution in [0.3, 0.4) is 0 Å². The molecule has 0 bridgehead atoms. The standard InChI is InChI=1S/C17H20N2O2/c18-16(15-7-2-1-3-8-15)10-17(21)19-11-13-5-4-6-14(9-13)12-20/h1-9,16,20H,10-12,18H2,(H,19,21). The zero-order valence-corrected chi connectivity index (χ0v) is 11.8. The molecule has 2 rings (SSSR count). The van der Waals surface area contributed by atoms with Gasteiger partial charge in [-0.1, -0.05) is 54.6 Å². The Labute approximate surface area is 124 Å². The average Bonchev–Trinajstić information content (AvgIpc) is 2.54. The SMILES string of the molecule is NC(CC(=O)NCc1cccc(CO)c1)c1ccccc1. The van der Waals surface area contributed by atoms with E-state index in [0.717, 1.165) is 16.7 Å². The summed E-state index contributed by atoms with van der Waals surface area (Å²) in [6.07, 6.45) is 0.254. The van der Waals surface area contributed by atoms with Crippen molar-refractivity contribution in [3.05, 3.63) is 71.3 Å². The van der Waals surface area contributed by atoms with Crippen LogP contribution >= 0.6 is 0 Å². The van der Waals surface area contributed by atoms with Crippen LogP contribution in [-0.2, 0) is 17.9 Å². The van der Waals surface area contributed by atoms with E-state index < -0.39 is 0 Å². The van der Waals surface area contributed by atoms with Gasteiger partial charge in [0.2, 0.25) is 5.91 Å². The number of rotatable bonds is 6. The molecule has 4 heteroatoms. The molecular weight excluding hydrogens is 264 g/mol. The van der Waals surface area contributed by atoms with Crippen LogP contribution in [0.15, 0.2) is 54.6 Å². The minimum atomic E-state index is -0.296. The number of hydrogen-bond acceptors (Lipinski definition) is 3. The zero-order chi connectivity index (χ0) is 15.1. The zero-order valence-electron chi connectivity index (χ0n) is 11.8. The molecule has 4 N–H and O–H groups in total. The quantitative estimate of drug-likeness (QED) is 0.758. The van der Waals surface area contributed by atoms with Gasteiger partial charge in [0.25, 0.3) is 0 Å². The van der Waals surface area contributed by atoms with Crippen LogP contribution in [0.2, 0.25) is 0 Å². The molecule has 0 saturated carbocycles. The van der Waals surface area contributed by atoms with Gasteiger partial charge in [-0.25, -0.2) is 0 Å². The maximum absolute atomic E-state index is 11.9. The van der Waals surface area contributed by atoms with E-state index >= 15 is 0 Å². The van der Waals surface area contributed by atoms with E-state index in [9.17, 15) is 4.79 Å². The number of nitrogens with two attached hydrogens (primary N) is 1. The fourth-order valence-electron chi connectivity index (χ4n) is 2.13. The number of aliphatic hydroxyl groups is 1. The Hall–Kier alpha value is -2.17. The lowest BCUT2D eigenvalue weighted by atomic mass is 10.0. The van der Waals surface area contributed by atoms with Gasteiger partial charge in [0, 0.05) is 19.0 Å². The van der Waals surface area contributed by atoms with Gasteiger partial charge in [-0.3, -0.25) is 4.79 Å². The van der Waals surface area contributed by atoms with Gasteiger partial charge in [-0.2, -0.15) is 0 Å². The smallest absolute Gasteiger partial charge is 0.222 e. The number of aliphatic hydroxyl groups excluding tert-OH is 1. The van der Waals surface area contributed by atoms with Crippen molar-refractivity contribution in [2.75, 3.05) is 0 Å². The first kappa shape index (κ1) is 15.2. The highest BCUT2D eigenvalue weighted by Crippen LogP contribution is 2.13. The molecule has 0 radical (unpaired) electrons. The van der Waals surface area contributed by atoms with E-state index in [1.165, 1.54) is 0 Å². The second-order valence-electron chi connectivity index (χ2n) is 4.98. The second kappa shape index (κ2) is 7.57. The summed E-state index contributed by atoms with van der Waals surface area (Å²) < 4.78 is 0. The number of amides is 1. The summed E-state index contributed by atoms with van der Waals surface area (Å²) in [5.74, 6) is -0.0826. The van der Waals surface area contributed by atoms with Crippen molar-refractivity contribution in [1.82, 2.24) is 5.32 Å². The monoisotopic (exact) mass is 284 g/mol. The third kappa shape index (κ3) is 4.70. The van der Waals surface area contributed by atoms with E-state index in [-0.39, 0.29) is 25.0 Å². The molecule has 1 amide bonds. The highest BCUT2D eigenvalue weighted by molar-refractivity contribution is 5.76. The van der Waals surface area contributed by atoms with Crippen molar-refractivity contribution in [1.29, 1.82) is 0 Å². The minimum Gasteiger partial charge on any atom is -0.392 e. The van der Waals surface area contributed by atoms with Gasteiger partial charge in [0.1, 0.15) is 0 Å². The summed E-state index contributed by atoms with van der Waals surface area (Å²) >= 11 is 0. The average molecular weight is 284 g/mol. The van der Waals surface area contributed by atoms with Gasteiger partial charge < -0.3 is 16.2 Å². The molecule has 2 aromatic rings. The first-order chi connectivity index (χ1) is 10.2. The molecule has 21 heavy (non-hydrogen) atoms. The summed E-state index contributed by atoms with van der Waals surface area (Å²) in [7, 11) is 0. The molecule has 4 nitrogen and oxygen atoms in total. The van der Waals surface area contributed by atoms with E-state index in [1.54, 1.807) is 0 Å². The van der Waals surface area contributed by atoms with Crippen molar-refractivity contribution in [3.63, 3.8) is 0 Å². The minimum absolute atomic E-state index is 0.000662. The number of nitrogens with one attached hydrogen (secondary N) is 1. The summed E-state index contributed by atoms with van der Waals surface area (Å²) in [5, 5.41) is 11.9. The van der Waals surface area contributed by atoms with E-state index in [1.807, 2.05) is 54.6 Å². The van der Waals surface area contributed by atoms with Crippen LogP contribution in [0.5, 0.6) is 0 Å². The van der Waals surface area contributed by atoms with Crippen molar-refractivity contribution in [3.8, 4) is 0 Å². The maximum Gasteiger partial charge on any atom is 0.222 e. The lowest BCUT2D eigenvalue weighted by molar-refractivity contribution is -0.121. The topological polar surface area (TPSA) is 75.4 Å². The van der Waals surface area contributed by atoms with Crippen LogP contribution in [0.25, 0.3) is 0 Å². The molecule has 110 valence electrons. The van der Waals surface area contributed by atoms with Crippen molar-refractivity contribution in [2.24, 2.45) is 5.73 Å². The molecule has 0 heterocycles. The summed E-state index contributed by atoms with van der Waals surface area (Å²) in [6, 6.07) is 16.8. The molecule has 0 aliphatic carbocycles. The van der Waals surface area contributed by atoms with Gasteiger partial charge in [-0.05, 0) is 16.7 Å².